The van der Waals surface area contributed by atoms with Gasteiger partial charge in [-0.15, -0.1) is 0 Å². The first kappa shape index (κ1) is 13.9. The monoisotopic (exact) mass is 262 g/mol. The summed E-state index contributed by atoms with van der Waals surface area (Å²) in [5.41, 5.74) is 1.34. The number of hydrogen-bond donors (Lipinski definition) is 1. The first-order chi connectivity index (χ1) is 9.06. The van der Waals surface area contributed by atoms with E-state index in [9.17, 15) is 4.79 Å². The smallest absolute Gasteiger partial charge is 0.335 e. The Morgan fingerprint density at radius 1 is 1.42 bits per heavy atom. The first-order valence-corrected chi connectivity index (χ1v) is 6.79. The second-order valence-electron chi connectivity index (χ2n) is 5.48. The molecule has 0 radical (unpaired) electrons. The molecule has 4 nitrogen and oxygen atoms in total. The third kappa shape index (κ3) is 3.70. The molecule has 0 amide bonds. The number of hydrogen-bond acceptors (Lipinski definition) is 3. The molecule has 1 fully saturated rings. The van der Waals surface area contributed by atoms with Crippen molar-refractivity contribution in [1.29, 1.82) is 0 Å². The Morgan fingerprint density at radius 2 is 2.11 bits per heavy atom. The average molecular weight is 262 g/mol. The van der Waals surface area contributed by atoms with Crippen LogP contribution in [-0.4, -0.2) is 49.7 Å². The lowest BCUT2D eigenvalue weighted by atomic mass is 9.96. The van der Waals surface area contributed by atoms with Crippen molar-refractivity contribution in [3.05, 3.63) is 29.8 Å². The van der Waals surface area contributed by atoms with Crippen LogP contribution in [0.3, 0.4) is 0 Å². The minimum atomic E-state index is -0.866. The number of aromatic carboxylic acids is 1. The van der Waals surface area contributed by atoms with E-state index in [1.54, 1.807) is 12.1 Å². The van der Waals surface area contributed by atoms with Gasteiger partial charge < -0.3 is 14.9 Å². The van der Waals surface area contributed by atoms with E-state index in [-0.39, 0.29) is 0 Å². The molecule has 1 aliphatic heterocycles. The maximum absolute atomic E-state index is 11.0. The van der Waals surface area contributed by atoms with Crippen LogP contribution in [0.15, 0.2) is 24.3 Å². The van der Waals surface area contributed by atoms with Crippen LogP contribution in [0.2, 0.25) is 0 Å². The second kappa shape index (κ2) is 6.06. The minimum Gasteiger partial charge on any atom is -0.478 e. The molecule has 0 aromatic heterocycles. The number of carboxylic acids is 1. The van der Waals surface area contributed by atoms with Crippen molar-refractivity contribution in [1.82, 2.24) is 4.90 Å². The Kier molecular flexibility index (Phi) is 4.43. The Labute approximate surface area is 114 Å². The summed E-state index contributed by atoms with van der Waals surface area (Å²) in [6.07, 6.45) is 2.44. The van der Waals surface area contributed by atoms with Gasteiger partial charge in [-0.05, 0) is 57.1 Å². The Balaban J connectivity index is 1.97. The van der Waals surface area contributed by atoms with Crippen molar-refractivity contribution < 1.29 is 9.90 Å². The van der Waals surface area contributed by atoms with Crippen LogP contribution in [-0.2, 0) is 0 Å². The number of likely N-dealkylation sites (tertiary alicyclic amines) is 1. The molecular weight excluding hydrogens is 240 g/mol. The van der Waals surface area contributed by atoms with E-state index in [1.165, 1.54) is 12.8 Å². The third-order valence-corrected chi connectivity index (χ3v) is 3.90. The molecule has 0 bridgehead atoms. The lowest BCUT2D eigenvalue weighted by Crippen LogP contribution is -2.35. The Hall–Kier alpha value is -1.55. The van der Waals surface area contributed by atoms with Gasteiger partial charge in [0.2, 0.25) is 0 Å². The summed E-state index contributed by atoms with van der Waals surface area (Å²) in [4.78, 5) is 15.5. The van der Waals surface area contributed by atoms with E-state index < -0.39 is 5.97 Å². The van der Waals surface area contributed by atoms with Crippen molar-refractivity contribution in [3.63, 3.8) is 0 Å². The number of carboxylic acid groups (broad SMARTS) is 1. The normalized spacial score (nSPS) is 17.4. The molecule has 104 valence electrons. The van der Waals surface area contributed by atoms with Crippen molar-refractivity contribution in [2.24, 2.45) is 5.92 Å². The molecule has 0 spiro atoms. The zero-order chi connectivity index (χ0) is 13.8. The van der Waals surface area contributed by atoms with Crippen LogP contribution in [0, 0.1) is 5.92 Å². The van der Waals surface area contributed by atoms with E-state index in [0.29, 0.717) is 11.5 Å². The lowest BCUT2D eigenvalue weighted by Gasteiger charge is -2.32. The second-order valence-corrected chi connectivity index (χ2v) is 5.48. The number of nitrogens with zero attached hydrogens (tertiary/aromatic N) is 2. The topological polar surface area (TPSA) is 43.8 Å². The summed E-state index contributed by atoms with van der Waals surface area (Å²) >= 11 is 0. The fourth-order valence-electron chi connectivity index (χ4n) is 2.61. The zero-order valence-electron chi connectivity index (χ0n) is 11.7. The van der Waals surface area contributed by atoms with Gasteiger partial charge in [0.15, 0.2) is 0 Å². The summed E-state index contributed by atoms with van der Waals surface area (Å²) in [5, 5.41) is 9.02. The third-order valence-electron chi connectivity index (χ3n) is 3.90. The Bertz CT molecular complexity index is 440. The van der Waals surface area contributed by atoms with Gasteiger partial charge in [0.25, 0.3) is 0 Å². The molecule has 2 rings (SSSR count). The van der Waals surface area contributed by atoms with Crippen LogP contribution in [0.5, 0.6) is 0 Å². The lowest BCUT2D eigenvalue weighted by molar-refractivity contribution is 0.0697. The van der Waals surface area contributed by atoms with Gasteiger partial charge in [-0.2, -0.15) is 0 Å². The molecule has 19 heavy (non-hydrogen) atoms. The molecule has 0 aliphatic carbocycles. The highest BCUT2D eigenvalue weighted by molar-refractivity contribution is 5.88. The van der Waals surface area contributed by atoms with Gasteiger partial charge >= 0.3 is 5.97 Å². The maximum Gasteiger partial charge on any atom is 0.335 e. The molecular formula is C15H22N2O2. The largest absolute Gasteiger partial charge is 0.478 e. The predicted octanol–water partition coefficient (Wildman–Crippen LogP) is 2.16. The molecule has 1 heterocycles. The highest BCUT2D eigenvalue weighted by Crippen LogP contribution is 2.21. The summed E-state index contributed by atoms with van der Waals surface area (Å²) in [5.74, 6) is -0.163. The maximum atomic E-state index is 11.0. The summed E-state index contributed by atoms with van der Waals surface area (Å²) in [7, 11) is 4.20. The van der Waals surface area contributed by atoms with Crippen LogP contribution in [0.25, 0.3) is 0 Å². The van der Waals surface area contributed by atoms with E-state index in [4.69, 9.17) is 5.11 Å². The molecule has 4 heteroatoms. The van der Waals surface area contributed by atoms with Gasteiger partial charge in [0.05, 0.1) is 5.56 Å². The van der Waals surface area contributed by atoms with Gasteiger partial charge in [-0.3, -0.25) is 0 Å². The summed E-state index contributed by atoms with van der Waals surface area (Å²) in [6, 6.07) is 7.16. The quantitative estimate of drug-likeness (QED) is 0.903. The van der Waals surface area contributed by atoms with Gasteiger partial charge in [0.1, 0.15) is 0 Å². The van der Waals surface area contributed by atoms with E-state index in [2.05, 4.69) is 16.8 Å². The zero-order valence-corrected chi connectivity index (χ0v) is 11.7. The molecule has 1 aromatic carbocycles. The molecule has 0 atom stereocenters. The van der Waals surface area contributed by atoms with E-state index >= 15 is 0 Å². The van der Waals surface area contributed by atoms with Gasteiger partial charge in [-0.1, -0.05) is 6.07 Å². The standard InChI is InChI=1S/C15H22N2O2/c1-16-8-6-12(7-9-16)11-17(2)14-5-3-4-13(10-14)15(18)19/h3-5,10,12H,6-9,11H2,1-2H3,(H,18,19). The number of benzene rings is 1. The van der Waals surface area contributed by atoms with Crippen molar-refractivity contribution in [3.8, 4) is 0 Å². The predicted molar refractivity (Wildman–Crippen MR) is 76.9 cm³/mol. The van der Waals surface area contributed by atoms with Crippen LogP contribution in [0.4, 0.5) is 5.69 Å². The first-order valence-electron chi connectivity index (χ1n) is 6.79. The van der Waals surface area contributed by atoms with Crippen LogP contribution in [0.1, 0.15) is 23.2 Å². The SMILES string of the molecule is CN1CCC(CN(C)c2cccc(C(=O)O)c2)CC1. The number of piperidine rings is 1. The number of anilines is 1. The molecule has 1 N–H and O–H groups in total. The van der Waals surface area contributed by atoms with Gasteiger partial charge in [0, 0.05) is 19.3 Å². The molecule has 1 aliphatic rings. The molecule has 1 aromatic rings. The fraction of sp³-hybridized carbons (Fsp3) is 0.533. The van der Waals surface area contributed by atoms with Gasteiger partial charge in [-0.25, -0.2) is 4.79 Å². The van der Waals surface area contributed by atoms with E-state index in [1.807, 2.05) is 19.2 Å². The average Bonchev–Trinajstić information content (AvgIpc) is 2.41. The highest BCUT2D eigenvalue weighted by Gasteiger charge is 2.18. The minimum absolute atomic E-state index is 0.354. The Morgan fingerprint density at radius 3 is 2.74 bits per heavy atom. The molecule has 0 unspecified atom stereocenters. The van der Waals surface area contributed by atoms with Crippen LogP contribution < -0.4 is 4.90 Å². The summed E-state index contributed by atoms with van der Waals surface area (Å²) < 4.78 is 0. The van der Waals surface area contributed by atoms with Crippen molar-refractivity contribution in [2.45, 2.75) is 12.8 Å². The highest BCUT2D eigenvalue weighted by atomic mass is 16.4. The number of rotatable bonds is 4. The van der Waals surface area contributed by atoms with Crippen LogP contribution >= 0.6 is 0 Å². The fourth-order valence-corrected chi connectivity index (χ4v) is 2.61. The van der Waals surface area contributed by atoms with Crippen molar-refractivity contribution in [2.75, 3.05) is 38.6 Å². The van der Waals surface area contributed by atoms with E-state index in [0.717, 1.165) is 25.3 Å². The molecule has 1 saturated heterocycles. The number of carbonyl (C=O) groups is 1. The summed E-state index contributed by atoms with van der Waals surface area (Å²) in [6.45, 7) is 3.32. The molecule has 0 saturated carbocycles. The van der Waals surface area contributed by atoms with Crippen molar-refractivity contribution >= 4 is 11.7 Å².